The number of nitrogens with one attached hydrogen (secondary N) is 1. The molecule has 1 amide bonds. The van der Waals surface area contributed by atoms with Crippen molar-refractivity contribution in [2.45, 2.75) is 17.4 Å². The zero-order chi connectivity index (χ0) is 23.5. The fourth-order valence-electron chi connectivity index (χ4n) is 4.55. The van der Waals surface area contributed by atoms with E-state index in [4.69, 9.17) is 4.74 Å². The minimum absolute atomic E-state index is 0.0564. The highest BCUT2D eigenvalue weighted by Gasteiger charge is 2.31. The van der Waals surface area contributed by atoms with Crippen LogP contribution in [0.3, 0.4) is 0 Å². The molecule has 0 aliphatic carbocycles. The van der Waals surface area contributed by atoms with Gasteiger partial charge in [-0.1, -0.05) is 30.3 Å². The number of benzene rings is 2. The van der Waals surface area contributed by atoms with Crippen molar-refractivity contribution in [1.29, 1.82) is 0 Å². The van der Waals surface area contributed by atoms with Crippen LogP contribution < -0.4 is 9.62 Å². The summed E-state index contributed by atoms with van der Waals surface area (Å²) in [6.45, 7) is 3.81. The summed E-state index contributed by atoms with van der Waals surface area (Å²) in [6.07, 6.45) is 0.682. The molecule has 0 unspecified atom stereocenters. The first-order valence-electron chi connectivity index (χ1n) is 11.4. The van der Waals surface area contributed by atoms with E-state index in [0.717, 1.165) is 18.7 Å². The average molecular weight is 498 g/mol. The van der Waals surface area contributed by atoms with Gasteiger partial charge in [-0.15, -0.1) is 11.3 Å². The molecule has 3 heterocycles. The Labute approximate surface area is 204 Å². The van der Waals surface area contributed by atoms with Gasteiger partial charge in [0.25, 0.3) is 15.9 Å². The minimum atomic E-state index is -3.76. The van der Waals surface area contributed by atoms with Crippen LogP contribution in [0.4, 0.5) is 5.69 Å². The molecule has 1 atom stereocenters. The van der Waals surface area contributed by atoms with Crippen molar-refractivity contribution >= 4 is 33.0 Å². The first-order chi connectivity index (χ1) is 16.5. The third-order valence-corrected chi connectivity index (χ3v) is 9.13. The number of fused-ring (bicyclic) bond motifs is 1. The normalized spacial score (nSPS) is 17.4. The molecule has 2 aromatic carbocycles. The van der Waals surface area contributed by atoms with Gasteiger partial charge in [0.15, 0.2) is 0 Å². The molecule has 0 saturated carbocycles. The van der Waals surface area contributed by atoms with Crippen LogP contribution in [0.15, 0.2) is 70.9 Å². The van der Waals surface area contributed by atoms with Gasteiger partial charge in [0.05, 0.1) is 29.8 Å². The topological polar surface area (TPSA) is 79.0 Å². The van der Waals surface area contributed by atoms with Crippen molar-refractivity contribution in [2.24, 2.45) is 0 Å². The van der Waals surface area contributed by atoms with Gasteiger partial charge in [-0.2, -0.15) is 0 Å². The van der Waals surface area contributed by atoms with E-state index in [2.05, 4.69) is 16.3 Å². The van der Waals surface area contributed by atoms with Gasteiger partial charge in [-0.3, -0.25) is 14.0 Å². The number of carbonyl (C=O) groups is 1. The number of hydrogen-bond donors (Lipinski definition) is 1. The van der Waals surface area contributed by atoms with Crippen LogP contribution in [-0.4, -0.2) is 58.6 Å². The van der Waals surface area contributed by atoms with Crippen LogP contribution >= 0.6 is 11.3 Å². The second-order valence-electron chi connectivity index (χ2n) is 8.37. The molecular weight excluding hydrogens is 470 g/mol. The van der Waals surface area contributed by atoms with Crippen LogP contribution in [-0.2, 0) is 21.2 Å². The number of rotatable bonds is 7. The van der Waals surface area contributed by atoms with Gasteiger partial charge >= 0.3 is 0 Å². The van der Waals surface area contributed by atoms with Crippen molar-refractivity contribution in [3.05, 3.63) is 82.0 Å². The molecule has 0 radical (unpaired) electrons. The molecule has 2 aliphatic heterocycles. The molecule has 178 valence electrons. The SMILES string of the molecule is O=C(NC[C@H](c1cccs1)N1CCOCC1)c1cccc(S(=O)(=O)N2CCc3ccccc32)c1. The van der Waals surface area contributed by atoms with E-state index < -0.39 is 10.0 Å². The van der Waals surface area contributed by atoms with Crippen molar-refractivity contribution in [1.82, 2.24) is 10.2 Å². The second-order valence-corrected chi connectivity index (χ2v) is 11.2. The fourth-order valence-corrected chi connectivity index (χ4v) is 6.96. The number of para-hydroxylation sites is 1. The average Bonchev–Trinajstić information content (AvgIpc) is 3.56. The van der Waals surface area contributed by atoms with Gasteiger partial charge in [-0.25, -0.2) is 8.42 Å². The minimum Gasteiger partial charge on any atom is -0.379 e. The van der Waals surface area contributed by atoms with Crippen molar-refractivity contribution < 1.29 is 17.9 Å². The number of anilines is 1. The maximum absolute atomic E-state index is 13.4. The fraction of sp³-hybridized carbons (Fsp3) is 0.320. The molecule has 1 fully saturated rings. The summed E-state index contributed by atoms with van der Waals surface area (Å²) in [5.74, 6) is -0.284. The summed E-state index contributed by atoms with van der Waals surface area (Å²) in [7, 11) is -3.76. The molecule has 0 spiro atoms. The summed E-state index contributed by atoms with van der Waals surface area (Å²) >= 11 is 1.67. The van der Waals surface area contributed by atoms with Gasteiger partial charge in [0.2, 0.25) is 0 Å². The van der Waals surface area contributed by atoms with Crippen LogP contribution in [0.1, 0.15) is 26.8 Å². The lowest BCUT2D eigenvalue weighted by molar-refractivity contribution is 0.0169. The van der Waals surface area contributed by atoms with Crippen LogP contribution in [0.25, 0.3) is 0 Å². The maximum Gasteiger partial charge on any atom is 0.264 e. The monoisotopic (exact) mass is 497 g/mol. The summed E-state index contributed by atoms with van der Waals surface area (Å²) in [5.41, 5.74) is 2.06. The lowest BCUT2D eigenvalue weighted by Crippen LogP contribution is -2.43. The molecule has 9 heteroatoms. The largest absolute Gasteiger partial charge is 0.379 e. The van der Waals surface area contributed by atoms with Crippen LogP contribution in [0, 0.1) is 0 Å². The zero-order valence-electron chi connectivity index (χ0n) is 18.7. The highest BCUT2D eigenvalue weighted by molar-refractivity contribution is 7.92. The highest BCUT2D eigenvalue weighted by atomic mass is 32.2. The maximum atomic E-state index is 13.4. The van der Waals surface area contributed by atoms with E-state index in [9.17, 15) is 13.2 Å². The number of ether oxygens (including phenoxy) is 1. The van der Waals surface area contributed by atoms with Crippen molar-refractivity contribution in [2.75, 3.05) is 43.7 Å². The summed E-state index contributed by atoms with van der Waals surface area (Å²) in [5, 5.41) is 5.06. The number of amides is 1. The standard InChI is InChI=1S/C25H27N3O4S2/c29-25(26-18-23(24-9-4-16-33-24)27-12-14-32-15-13-27)20-6-3-7-21(17-20)34(30,31)28-11-10-19-5-1-2-8-22(19)28/h1-9,16-17,23H,10-15,18H2,(H,26,29)/t23-/m1/s1. The second kappa shape index (κ2) is 9.87. The van der Waals surface area contributed by atoms with E-state index >= 15 is 0 Å². The number of morpholine rings is 1. The highest BCUT2D eigenvalue weighted by Crippen LogP contribution is 2.33. The number of hydrogen-bond acceptors (Lipinski definition) is 6. The Bertz CT molecular complexity index is 1250. The molecular formula is C25H27N3O4S2. The lowest BCUT2D eigenvalue weighted by atomic mass is 10.1. The van der Waals surface area contributed by atoms with Gasteiger partial charge in [-0.05, 0) is 47.7 Å². The molecule has 7 nitrogen and oxygen atoms in total. The van der Waals surface area contributed by atoms with Crippen molar-refractivity contribution in [3.63, 3.8) is 0 Å². The Morgan fingerprint density at radius 3 is 2.65 bits per heavy atom. The molecule has 1 aromatic heterocycles. The van der Waals surface area contributed by atoms with E-state index in [1.807, 2.05) is 35.7 Å². The molecule has 0 bridgehead atoms. The van der Waals surface area contributed by atoms with Gasteiger partial charge in [0.1, 0.15) is 0 Å². The lowest BCUT2D eigenvalue weighted by Gasteiger charge is -2.34. The van der Waals surface area contributed by atoms with Crippen molar-refractivity contribution in [3.8, 4) is 0 Å². The first-order valence-corrected chi connectivity index (χ1v) is 13.7. The van der Waals surface area contributed by atoms with E-state index in [1.165, 1.54) is 15.2 Å². The Balaban J connectivity index is 1.32. The third kappa shape index (κ3) is 4.61. The number of thiophene rings is 1. The predicted octanol–water partition coefficient (Wildman–Crippen LogP) is 3.30. The third-order valence-electron chi connectivity index (χ3n) is 6.34. The Morgan fingerprint density at radius 1 is 1.03 bits per heavy atom. The number of sulfonamides is 1. The quantitative estimate of drug-likeness (QED) is 0.542. The molecule has 2 aliphatic rings. The van der Waals surface area contributed by atoms with Crippen LogP contribution in [0.5, 0.6) is 0 Å². The van der Waals surface area contributed by atoms with Gasteiger partial charge < -0.3 is 10.1 Å². The molecule has 34 heavy (non-hydrogen) atoms. The Morgan fingerprint density at radius 2 is 1.85 bits per heavy atom. The van der Waals surface area contributed by atoms with Gasteiger partial charge in [0, 0.05) is 36.6 Å². The predicted molar refractivity (Wildman–Crippen MR) is 133 cm³/mol. The number of nitrogens with zero attached hydrogens (tertiary/aromatic N) is 2. The van der Waals surface area contributed by atoms with Crippen LogP contribution in [0.2, 0.25) is 0 Å². The molecule has 3 aromatic rings. The van der Waals surface area contributed by atoms with E-state index in [-0.39, 0.29) is 16.8 Å². The summed E-state index contributed by atoms with van der Waals surface area (Å²) in [6, 6.07) is 18.0. The molecule has 1 saturated heterocycles. The molecule has 1 N–H and O–H groups in total. The van der Waals surface area contributed by atoms with E-state index in [1.54, 1.807) is 29.5 Å². The molecule has 5 rings (SSSR count). The zero-order valence-corrected chi connectivity index (χ0v) is 20.4. The summed E-state index contributed by atoms with van der Waals surface area (Å²) in [4.78, 5) is 16.7. The first kappa shape index (κ1) is 23.0. The van der Waals surface area contributed by atoms with E-state index in [0.29, 0.717) is 44.0 Å². The smallest absolute Gasteiger partial charge is 0.264 e. The Hall–Kier alpha value is -2.72. The Kier molecular flexibility index (Phi) is 6.69. The summed E-state index contributed by atoms with van der Waals surface area (Å²) < 4.78 is 33.7. The number of carbonyl (C=O) groups excluding carboxylic acids is 1.